The Morgan fingerprint density at radius 2 is 1.96 bits per heavy atom. The minimum absolute atomic E-state index is 0.326. The van der Waals surface area contributed by atoms with Gasteiger partial charge < -0.3 is 18.9 Å². The van der Waals surface area contributed by atoms with E-state index in [1.807, 2.05) is 24.2 Å². The highest BCUT2D eigenvalue weighted by Gasteiger charge is 2.27. The second kappa shape index (κ2) is 8.43. The van der Waals surface area contributed by atoms with Crippen LogP contribution >= 0.6 is 0 Å². The molecule has 152 valence electrons. The fourth-order valence-electron chi connectivity index (χ4n) is 4.45. The number of amides is 1. The summed E-state index contributed by atoms with van der Waals surface area (Å²) in [4.78, 5) is 20.6. The summed E-state index contributed by atoms with van der Waals surface area (Å²) >= 11 is 0. The number of nitrogens with zero attached hydrogens (tertiary/aromatic N) is 7. The Kier molecular flexibility index (Phi) is 5.75. The zero-order chi connectivity index (χ0) is 19.5. The number of piperidine rings is 1. The molecule has 8 heteroatoms. The van der Waals surface area contributed by atoms with E-state index in [1.54, 1.807) is 0 Å². The molecule has 28 heavy (non-hydrogen) atoms. The molecule has 4 rings (SSSR count). The van der Waals surface area contributed by atoms with E-state index in [1.165, 1.54) is 0 Å². The summed E-state index contributed by atoms with van der Waals surface area (Å²) in [6, 6.07) is 0. The Hall–Kier alpha value is -2.22. The third-order valence-corrected chi connectivity index (χ3v) is 6.22. The van der Waals surface area contributed by atoms with Crippen LogP contribution in [-0.4, -0.2) is 72.7 Å². The molecule has 0 saturated carbocycles. The van der Waals surface area contributed by atoms with Gasteiger partial charge in [0.05, 0.1) is 6.54 Å². The van der Waals surface area contributed by atoms with Gasteiger partial charge in [-0.1, -0.05) is 0 Å². The summed E-state index contributed by atoms with van der Waals surface area (Å²) in [5.41, 5.74) is 0. The maximum absolute atomic E-state index is 11.8. The number of imidazole rings is 1. The van der Waals surface area contributed by atoms with Crippen LogP contribution in [0.1, 0.15) is 56.0 Å². The van der Waals surface area contributed by atoms with Crippen LogP contribution in [0.15, 0.2) is 12.4 Å². The number of likely N-dealkylation sites (tertiary alicyclic amines) is 2. The summed E-state index contributed by atoms with van der Waals surface area (Å²) in [6.07, 6.45) is 7.79. The van der Waals surface area contributed by atoms with Gasteiger partial charge in [0.2, 0.25) is 5.91 Å². The normalized spacial score (nSPS) is 19.1. The van der Waals surface area contributed by atoms with Gasteiger partial charge in [-0.3, -0.25) is 4.79 Å². The van der Waals surface area contributed by atoms with E-state index < -0.39 is 0 Å². The Balaban J connectivity index is 1.34. The Labute approximate surface area is 166 Å². The molecule has 2 aliphatic rings. The lowest BCUT2D eigenvalue weighted by Crippen LogP contribution is -2.40. The zero-order valence-electron chi connectivity index (χ0n) is 17.0. The standard InChI is InChI=1S/C20H31N7O/c1-3-27-18(15-26-12-8-21-16(26)2)22-23-20(27)17-6-10-24(11-7-17)13-14-25-9-4-5-19(25)28/h8,12,17H,3-7,9-11,13-15H2,1-2H3. The third-order valence-electron chi connectivity index (χ3n) is 6.22. The molecule has 1 amide bonds. The quantitative estimate of drug-likeness (QED) is 0.725. The second-order valence-electron chi connectivity index (χ2n) is 7.92. The van der Waals surface area contributed by atoms with Gasteiger partial charge in [-0.05, 0) is 46.2 Å². The van der Waals surface area contributed by atoms with E-state index >= 15 is 0 Å². The summed E-state index contributed by atoms with van der Waals surface area (Å²) in [7, 11) is 0. The molecule has 0 radical (unpaired) electrons. The first-order valence-corrected chi connectivity index (χ1v) is 10.6. The van der Waals surface area contributed by atoms with Gasteiger partial charge in [-0.2, -0.15) is 0 Å². The fourth-order valence-corrected chi connectivity index (χ4v) is 4.45. The van der Waals surface area contributed by atoms with Gasteiger partial charge in [0.1, 0.15) is 11.6 Å². The van der Waals surface area contributed by atoms with Crippen molar-refractivity contribution in [2.24, 2.45) is 0 Å². The third kappa shape index (κ3) is 3.97. The zero-order valence-corrected chi connectivity index (χ0v) is 17.0. The van der Waals surface area contributed by atoms with Crippen LogP contribution in [-0.2, 0) is 17.9 Å². The number of hydrogen-bond acceptors (Lipinski definition) is 5. The predicted octanol–water partition coefficient (Wildman–Crippen LogP) is 1.65. The molecule has 2 aromatic heterocycles. The van der Waals surface area contributed by atoms with E-state index in [-0.39, 0.29) is 0 Å². The highest BCUT2D eigenvalue weighted by atomic mass is 16.2. The molecular weight excluding hydrogens is 354 g/mol. The van der Waals surface area contributed by atoms with E-state index in [0.29, 0.717) is 11.8 Å². The van der Waals surface area contributed by atoms with Crippen molar-refractivity contribution in [3.05, 3.63) is 29.9 Å². The van der Waals surface area contributed by atoms with Crippen LogP contribution in [0, 0.1) is 6.92 Å². The van der Waals surface area contributed by atoms with Gasteiger partial charge in [-0.25, -0.2) is 4.98 Å². The van der Waals surface area contributed by atoms with Crippen LogP contribution < -0.4 is 0 Å². The van der Waals surface area contributed by atoms with E-state index in [9.17, 15) is 4.79 Å². The average molecular weight is 386 g/mol. The largest absolute Gasteiger partial charge is 0.341 e. The van der Waals surface area contributed by atoms with Crippen molar-refractivity contribution in [1.29, 1.82) is 0 Å². The lowest BCUT2D eigenvalue weighted by Gasteiger charge is -2.32. The summed E-state index contributed by atoms with van der Waals surface area (Å²) in [5, 5.41) is 9.07. The van der Waals surface area contributed by atoms with Crippen LogP contribution in [0.5, 0.6) is 0 Å². The molecular formula is C20H31N7O. The molecule has 4 heterocycles. The highest BCUT2D eigenvalue weighted by molar-refractivity contribution is 5.78. The number of hydrogen-bond donors (Lipinski definition) is 0. The second-order valence-corrected chi connectivity index (χ2v) is 7.92. The molecule has 2 aromatic rings. The van der Waals surface area contributed by atoms with Crippen molar-refractivity contribution in [1.82, 2.24) is 34.1 Å². The maximum atomic E-state index is 11.8. The molecule has 8 nitrogen and oxygen atoms in total. The highest BCUT2D eigenvalue weighted by Crippen LogP contribution is 2.27. The molecule has 0 atom stereocenters. The van der Waals surface area contributed by atoms with E-state index in [4.69, 9.17) is 0 Å². The monoisotopic (exact) mass is 385 g/mol. The molecule has 2 fully saturated rings. The summed E-state index contributed by atoms with van der Waals surface area (Å²) in [6.45, 7) is 10.7. The molecule has 0 N–H and O–H groups in total. The molecule has 0 aliphatic carbocycles. The summed E-state index contributed by atoms with van der Waals surface area (Å²) < 4.78 is 4.39. The van der Waals surface area contributed by atoms with Gasteiger partial charge in [0, 0.05) is 50.9 Å². The summed E-state index contributed by atoms with van der Waals surface area (Å²) in [5.74, 6) is 3.93. The topological polar surface area (TPSA) is 72.1 Å². The molecule has 2 aliphatic heterocycles. The van der Waals surface area contributed by atoms with E-state index in [2.05, 4.69) is 36.1 Å². The number of carbonyl (C=O) groups excluding carboxylic acids is 1. The molecule has 0 unspecified atom stereocenters. The minimum Gasteiger partial charge on any atom is -0.341 e. The Morgan fingerprint density at radius 1 is 1.14 bits per heavy atom. The van der Waals surface area contributed by atoms with Gasteiger partial charge in [0.25, 0.3) is 0 Å². The fraction of sp³-hybridized carbons (Fsp3) is 0.700. The first-order chi connectivity index (χ1) is 13.7. The van der Waals surface area contributed by atoms with Crippen LogP contribution in [0.3, 0.4) is 0 Å². The maximum Gasteiger partial charge on any atom is 0.222 e. The average Bonchev–Trinajstić information content (AvgIpc) is 3.42. The van der Waals surface area contributed by atoms with Crippen molar-refractivity contribution in [2.75, 3.05) is 32.7 Å². The van der Waals surface area contributed by atoms with Crippen LogP contribution in [0.4, 0.5) is 0 Å². The van der Waals surface area contributed by atoms with Gasteiger partial charge in [0.15, 0.2) is 5.82 Å². The van der Waals surface area contributed by atoms with Crippen molar-refractivity contribution >= 4 is 5.91 Å². The van der Waals surface area contributed by atoms with Crippen LogP contribution in [0.25, 0.3) is 0 Å². The number of carbonyl (C=O) groups is 1. The number of aryl methyl sites for hydroxylation is 1. The minimum atomic E-state index is 0.326. The van der Waals surface area contributed by atoms with Gasteiger partial charge in [-0.15, -0.1) is 10.2 Å². The first-order valence-electron chi connectivity index (χ1n) is 10.6. The number of rotatable bonds is 7. The SMILES string of the molecule is CCn1c(Cn2ccnc2C)nnc1C1CCN(CCN2CCCC2=O)CC1. The smallest absolute Gasteiger partial charge is 0.222 e. The Morgan fingerprint density at radius 3 is 2.61 bits per heavy atom. The van der Waals surface area contributed by atoms with Gasteiger partial charge >= 0.3 is 0 Å². The molecule has 0 bridgehead atoms. The molecule has 0 spiro atoms. The van der Waals surface area contributed by atoms with E-state index in [0.717, 1.165) is 89.0 Å². The molecule has 0 aromatic carbocycles. The van der Waals surface area contributed by atoms with Crippen LogP contribution in [0.2, 0.25) is 0 Å². The lowest BCUT2D eigenvalue weighted by molar-refractivity contribution is -0.127. The number of aromatic nitrogens is 5. The van der Waals surface area contributed by atoms with Crippen molar-refractivity contribution in [3.63, 3.8) is 0 Å². The van der Waals surface area contributed by atoms with Crippen molar-refractivity contribution in [2.45, 2.75) is 58.5 Å². The lowest BCUT2D eigenvalue weighted by atomic mass is 9.96. The Bertz CT molecular complexity index is 803. The van der Waals surface area contributed by atoms with Crippen molar-refractivity contribution in [3.8, 4) is 0 Å². The predicted molar refractivity (Wildman–Crippen MR) is 106 cm³/mol. The van der Waals surface area contributed by atoms with Crippen molar-refractivity contribution < 1.29 is 4.79 Å². The first kappa shape index (κ1) is 19.1. The molecule has 2 saturated heterocycles.